The molecule has 0 bridgehead atoms. The topological polar surface area (TPSA) is 37.6 Å². The molecule has 6 heteroatoms. The van der Waals surface area contributed by atoms with E-state index < -0.39 is 17.2 Å². The molecule has 24 heavy (non-hydrogen) atoms. The largest absolute Gasteiger partial charge is 0.367 e. The number of pyridine rings is 1. The number of hydrogen-bond acceptors (Lipinski definition) is 3. The molecule has 0 aliphatic carbocycles. The lowest BCUT2D eigenvalue weighted by molar-refractivity contribution is 0.430. The number of halogens is 2. The van der Waals surface area contributed by atoms with E-state index in [9.17, 15) is 9.18 Å². The first-order valence-electron chi connectivity index (χ1n) is 8.10. The van der Waals surface area contributed by atoms with Gasteiger partial charge in [-0.1, -0.05) is 13.0 Å². The fraction of sp³-hybridized carbons (Fsp3) is 0.333. The molecule has 1 aliphatic rings. The average Bonchev–Trinajstić information content (AvgIpc) is 2.57. The summed E-state index contributed by atoms with van der Waals surface area (Å²) in [5.74, 6) is -0.843. The molecule has 1 saturated heterocycles. The molecular weight excluding hydrogens is 312 g/mol. The second kappa shape index (κ2) is 5.54. The summed E-state index contributed by atoms with van der Waals surface area (Å²) >= 11 is 0. The van der Waals surface area contributed by atoms with Crippen molar-refractivity contribution in [3.63, 3.8) is 0 Å². The van der Waals surface area contributed by atoms with Crippen LogP contribution in [-0.2, 0) is 0 Å². The Morgan fingerprint density at radius 3 is 2.71 bits per heavy atom. The van der Waals surface area contributed by atoms with Gasteiger partial charge in [0.2, 0.25) is 0 Å². The highest BCUT2D eigenvalue weighted by Gasteiger charge is 2.25. The fourth-order valence-corrected chi connectivity index (χ4v) is 3.40. The maximum atomic E-state index is 15.3. The molecule has 0 amide bonds. The molecule has 0 N–H and O–H groups in total. The van der Waals surface area contributed by atoms with E-state index >= 15 is 4.39 Å². The highest BCUT2D eigenvalue weighted by Crippen LogP contribution is 2.32. The number of rotatable bonds is 1. The number of hydrogen-bond donors (Lipinski definition) is 0. The van der Waals surface area contributed by atoms with Crippen LogP contribution in [0.3, 0.4) is 0 Å². The summed E-state index contributed by atoms with van der Waals surface area (Å²) in [6, 6.07) is 6.19. The van der Waals surface area contributed by atoms with Crippen molar-refractivity contribution in [2.45, 2.75) is 19.8 Å². The monoisotopic (exact) mass is 329 g/mol. The number of benzene rings is 1. The third-order valence-electron chi connectivity index (χ3n) is 4.79. The van der Waals surface area contributed by atoms with E-state index in [0.29, 0.717) is 24.7 Å². The molecule has 4 rings (SSSR count). The second-order valence-corrected chi connectivity index (χ2v) is 6.43. The van der Waals surface area contributed by atoms with Crippen molar-refractivity contribution in [3.05, 3.63) is 52.5 Å². The zero-order valence-electron chi connectivity index (χ0n) is 13.3. The minimum atomic E-state index is -0.704. The summed E-state index contributed by atoms with van der Waals surface area (Å²) in [5.41, 5.74) is -0.232. The van der Waals surface area contributed by atoms with Gasteiger partial charge in [0.25, 0.3) is 5.56 Å². The van der Waals surface area contributed by atoms with Crippen molar-refractivity contribution >= 4 is 22.2 Å². The van der Waals surface area contributed by atoms with Crippen LogP contribution in [0, 0.1) is 17.6 Å². The zero-order valence-corrected chi connectivity index (χ0v) is 13.3. The molecule has 3 heterocycles. The molecule has 0 unspecified atom stereocenters. The van der Waals surface area contributed by atoms with E-state index in [1.165, 1.54) is 4.40 Å². The van der Waals surface area contributed by atoms with Gasteiger partial charge in [0.15, 0.2) is 5.82 Å². The lowest BCUT2D eigenvalue weighted by Crippen LogP contribution is -2.34. The quantitative estimate of drug-likeness (QED) is 0.643. The van der Waals surface area contributed by atoms with Crippen LogP contribution in [0.2, 0.25) is 0 Å². The molecule has 1 fully saturated rings. The van der Waals surface area contributed by atoms with E-state index in [0.717, 1.165) is 18.9 Å². The number of aromatic nitrogens is 2. The Bertz CT molecular complexity index is 991. The van der Waals surface area contributed by atoms with E-state index in [1.54, 1.807) is 29.3 Å². The summed E-state index contributed by atoms with van der Waals surface area (Å²) in [5, 5.41) is -0.0390. The van der Waals surface area contributed by atoms with Crippen molar-refractivity contribution in [1.29, 1.82) is 0 Å². The molecule has 2 aromatic heterocycles. The van der Waals surface area contributed by atoms with E-state index in [2.05, 4.69) is 11.9 Å². The van der Waals surface area contributed by atoms with E-state index in [4.69, 9.17) is 0 Å². The van der Waals surface area contributed by atoms with Crippen molar-refractivity contribution in [1.82, 2.24) is 9.38 Å². The van der Waals surface area contributed by atoms with Crippen molar-refractivity contribution in [2.24, 2.45) is 5.92 Å². The van der Waals surface area contributed by atoms with E-state index in [-0.39, 0.29) is 16.6 Å². The SMILES string of the molecule is CC1CCN(c2c(F)cc3c(=O)nc4ccccn4c3c2F)CC1. The highest BCUT2D eigenvalue weighted by atomic mass is 19.1. The Morgan fingerprint density at radius 1 is 1.21 bits per heavy atom. The summed E-state index contributed by atoms with van der Waals surface area (Å²) in [4.78, 5) is 17.8. The summed E-state index contributed by atoms with van der Waals surface area (Å²) in [7, 11) is 0. The summed E-state index contributed by atoms with van der Waals surface area (Å²) in [6.45, 7) is 3.36. The number of fused-ring (bicyclic) bond motifs is 3. The lowest BCUT2D eigenvalue weighted by atomic mass is 9.98. The van der Waals surface area contributed by atoms with Crippen molar-refractivity contribution in [3.8, 4) is 0 Å². The van der Waals surface area contributed by atoms with Crippen LogP contribution in [-0.4, -0.2) is 22.5 Å². The molecule has 0 spiro atoms. The maximum Gasteiger partial charge on any atom is 0.281 e. The van der Waals surface area contributed by atoms with Crippen LogP contribution < -0.4 is 10.5 Å². The van der Waals surface area contributed by atoms with Crippen LogP contribution in [0.5, 0.6) is 0 Å². The first-order valence-corrected chi connectivity index (χ1v) is 8.10. The third kappa shape index (κ3) is 2.25. The van der Waals surface area contributed by atoms with Crippen LogP contribution in [0.15, 0.2) is 35.3 Å². The summed E-state index contributed by atoms with van der Waals surface area (Å²) in [6.07, 6.45) is 3.43. The number of nitrogens with zero attached hydrogens (tertiary/aromatic N) is 3. The normalized spacial score (nSPS) is 16.2. The van der Waals surface area contributed by atoms with Gasteiger partial charge in [-0.05, 0) is 37.0 Å². The molecule has 3 aromatic rings. The Hall–Kier alpha value is -2.50. The van der Waals surface area contributed by atoms with Gasteiger partial charge in [0, 0.05) is 19.3 Å². The molecule has 124 valence electrons. The molecule has 0 radical (unpaired) electrons. The van der Waals surface area contributed by atoms with Gasteiger partial charge in [0.05, 0.1) is 10.9 Å². The zero-order chi connectivity index (χ0) is 16.8. The molecule has 0 atom stereocenters. The van der Waals surface area contributed by atoms with Crippen LogP contribution in [0.4, 0.5) is 14.5 Å². The molecule has 4 nitrogen and oxygen atoms in total. The Kier molecular flexibility index (Phi) is 3.48. The van der Waals surface area contributed by atoms with Gasteiger partial charge in [-0.2, -0.15) is 4.98 Å². The van der Waals surface area contributed by atoms with Crippen molar-refractivity contribution in [2.75, 3.05) is 18.0 Å². The average molecular weight is 329 g/mol. The molecular formula is C18H17F2N3O. The van der Waals surface area contributed by atoms with Crippen LogP contribution in [0.25, 0.3) is 16.6 Å². The predicted octanol–water partition coefficient (Wildman–Crippen LogP) is 3.36. The van der Waals surface area contributed by atoms with Crippen LogP contribution >= 0.6 is 0 Å². The maximum absolute atomic E-state index is 15.3. The van der Waals surface area contributed by atoms with Crippen LogP contribution in [0.1, 0.15) is 19.8 Å². The van der Waals surface area contributed by atoms with Gasteiger partial charge >= 0.3 is 0 Å². The number of anilines is 1. The smallest absolute Gasteiger partial charge is 0.281 e. The fourth-order valence-electron chi connectivity index (χ4n) is 3.40. The first kappa shape index (κ1) is 15.1. The molecule has 0 saturated carbocycles. The van der Waals surface area contributed by atoms with Gasteiger partial charge in [-0.3, -0.25) is 9.20 Å². The van der Waals surface area contributed by atoms with Gasteiger partial charge in [0.1, 0.15) is 17.2 Å². The lowest BCUT2D eigenvalue weighted by Gasteiger charge is -2.32. The standard InChI is InChI=1S/C18H17F2N3O/c1-11-5-8-22(9-6-11)17-13(19)10-12-16(15(17)20)23-7-3-2-4-14(23)21-18(12)24/h2-4,7,10-11H,5-6,8-9H2,1H3. The van der Waals surface area contributed by atoms with E-state index in [1.807, 2.05) is 0 Å². The van der Waals surface area contributed by atoms with Gasteiger partial charge in [-0.25, -0.2) is 8.78 Å². The van der Waals surface area contributed by atoms with Crippen molar-refractivity contribution < 1.29 is 8.78 Å². The minimum Gasteiger partial charge on any atom is -0.367 e. The minimum absolute atomic E-state index is 0.0390. The Morgan fingerprint density at radius 2 is 1.96 bits per heavy atom. The summed E-state index contributed by atoms with van der Waals surface area (Å²) < 4.78 is 31.3. The third-order valence-corrected chi connectivity index (χ3v) is 4.79. The first-order chi connectivity index (χ1) is 11.6. The Labute approximate surface area is 137 Å². The molecule has 1 aliphatic heterocycles. The number of piperidine rings is 1. The Balaban J connectivity index is 2.02. The predicted molar refractivity (Wildman–Crippen MR) is 89.5 cm³/mol. The van der Waals surface area contributed by atoms with Gasteiger partial charge < -0.3 is 4.90 Å². The second-order valence-electron chi connectivity index (χ2n) is 6.43. The highest BCUT2D eigenvalue weighted by molar-refractivity contribution is 5.85. The molecule has 1 aromatic carbocycles. The van der Waals surface area contributed by atoms with Gasteiger partial charge in [-0.15, -0.1) is 0 Å².